The lowest BCUT2D eigenvalue weighted by molar-refractivity contribution is -0.149. The van der Waals surface area contributed by atoms with Gasteiger partial charge in [0.05, 0.1) is 7.11 Å². The Morgan fingerprint density at radius 3 is 2.24 bits per heavy atom. The molecule has 1 atom stereocenters. The molecule has 0 spiro atoms. The third-order valence-electron chi connectivity index (χ3n) is 2.29. The predicted molar refractivity (Wildman–Crippen MR) is 54.8 cm³/mol. The van der Waals surface area contributed by atoms with Crippen molar-refractivity contribution in [2.24, 2.45) is 0 Å². The van der Waals surface area contributed by atoms with Crippen molar-refractivity contribution in [1.82, 2.24) is 0 Å². The number of carbonyl (C=O) groups is 1. The second kappa shape index (κ2) is 4.19. The average Bonchev–Trinajstić information content (AvgIpc) is 2.26. The van der Waals surface area contributed by atoms with Crippen molar-refractivity contribution in [2.45, 2.75) is 24.0 Å². The molecule has 1 aliphatic heterocycles. The molecule has 0 amide bonds. The van der Waals surface area contributed by atoms with Gasteiger partial charge in [-0.25, -0.2) is 4.79 Å². The van der Waals surface area contributed by atoms with Crippen LogP contribution in [0.3, 0.4) is 0 Å². The summed E-state index contributed by atoms with van der Waals surface area (Å²) in [6, 6.07) is 0. The zero-order chi connectivity index (χ0) is 13.5. The molecule has 0 N–H and O–H groups in total. The fourth-order valence-electron chi connectivity index (χ4n) is 0.954. The molecule has 1 aliphatic rings. The van der Waals surface area contributed by atoms with Gasteiger partial charge in [-0.15, -0.1) is 0 Å². The van der Waals surface area contributed by atoms with E-state index in [0.717, 1.165) is 21.0 Å². The second-order valence-corrected chi connectivity index (χ2v) is 8.24. The van der Waals surface area contributed by atoms with Crippen LogP contribution in [0.5, 0.6) is 0 Å². The van der Waals surface area contributed by atoms with Gasteiger partial charge < -0.3 is 4.74 Å². The van der Waals surface area contributed by atoms with Crippen molar-refractivity contribution in [2.75, 3.05) is 13.7 Å². The van der Waals surface area contributed by atoms with Crippen molar-refractivity contribution in [3.63, 3.8) is 0 Å². The minimum atomic E-state index is -4.52. The fraction of sp³-hybridized carbons (Fsp3) is 0.857. The molecule has 100 valence electrons. The van der Waals surface area contributed by atoms with E-state index >= 15 is 0 Å². The third kappa shape index (κ3) is 2.30. The van der Waals surface area contributed by atoms with Crippen LogP contribution in [0.15, 0.2) is 0 Å². The maximum Gasteiger partial charge on any atom is 0.339 e. The minimum absolute atomic E-state index is 0.738. The molecular weight excluding hydrogens is 276 g/mol. The van der Waals surface area contributed by atoms with Gasteiger partial charge in [0.1, 0.15) is 6.61 Å². The first-order chi connectivity index (χ1) is 7.55. The normalized spacial score (nSPS) is 30.2. The maximum absolute atomic E-state index is 11.7. The molecule has 1 rings (SSSR count). The second-order valence-electron chi connectivity index (χ2n) is 3.70. The highest BCUT2D eigenvalue weighted by Gasteiger charge is 2.53. The summed E-state index contributed by atoms with van der Waals surface area (Å²) in [7, 11) is -7.91. The highest BCUT2D eigenvalue weighted by Crippen LogP contribution is 2.31. The minimum Gasteiger partial charge on any atom is -0.467 e. The maximum atomic E-state index is 11.7. The van der Waals surface area contributed by atoms with E-state index in [1.165, 1.54) is 0 Å². The van der Waals surface area contributed by atoms with Crippen LogP contribution >= 0.6 is 0 Å². The summed E-state index contributed by atoms with van der Waals surface area (Å²) in [5.74, 6) is -1.03. The molecule has 1 fully saturated rings. The molecule has 0 radical (unpaired) electrons. The largest absolute Gasteiger partial charge is 0.467 e. The van der Waals surface area contributed by atoms with Gasteiger partial charge in [0.2, 0.25) is 4.08 Å². The zero-order valence-electron chi connectivity index (χ0n) is 9.37. The van der Waals surface area contributed by atoms with E-state index in [-0.39, 0.29) is 0 Å². The molecule has 0 aromatic rings. The number of carbonyl (C=O) groups excluding carboxylic acids is 1. The molecule has 17 heavy (non-hydrogen) atoms. The van der Waals surface area contributed by atoms with Crippen LogP contribution in [0, 0.1) is 0 Å². The third-order valence-corrected chi connectivity index (χ3v) is 6.85. The van der Waals surface area contributed by atoms with Gasteiger partial charge >= 0.3 is 5.97 Å². The molecular formula is C7H12O8S2. The highest BCUT2D eigenvalue weighted by atomic mass is 32.3. The van der Waals surface area contributed by atoms with Crippen LogP contribution < -0.4 is 0 Å². The van der Waals surface area contributed by atoms with Gasteiger partial charge in [-0.05, 0) is 13.8 Å². The molecule has 1 unspecified atom stereocenters. The topological polar surface area (TPSA) is 113 Å². The first-order valence-electron chi connectivity index (χ1n) is 4.45. The number of ether oxygens (including phenoxy) is 1. The van der Waals surface area contributed by atoms with Crippen LogP contribution in [-0.4, -0.2) is 46.7 Å². The standard InChI is InChI=1S/C7H12O8S2/c1-7(2)16(9,10)14-4-5(6(8)13-3)15-17(7,11)12/h5H,4H2,1-3H3. The lowest BCUT2D eigenvalue weighted by Crippen LogP contribution is -2.41. The van der Waals surface area contributed by atoms with E-state index in [9.17, 15) is 21.6 Å². The lowest BCUT2D eigenvalue weighted by atomic mass is 10.4. The van der Waals surface area contributed by atoms with E-state index in [1.54, 1.807) is 0 Å². The van der Waals surface area contributed by atoms with Crippen LogP contribution in [0.25, 0.3) is 0 Å². The molecule has 0 aliphatic carbocycles. The summed E-state index contributed by atoms with van der Waals surface area (Å²) in [5, 5.41) is 0. The summed E-state index contributed by atoms with van der Waals surface area (Å²) in [4.78, 5) is 11.1. The predicted octanol–water partition coefficient (Wildman–Crippen LogP) is -1.03. The quantitative estimate of drug-likeness (QED) is 0.444. The van der Waals surface area contributed by atoms with E-state index in [1.807, 2.05) is 0 Å². The van der Waals surface area contributed by atoms with Gasteiger partial charge in [0.25, 0.3) is 20.2 Å². The van der Waals surface area contributed by atoms with Gasteiger partial charge in [-0.1, -0.05) is 0 Å². The Hall–Kier alpha value is -0.710. The Balaban J connectivity index is 3.26. The van der Waals surface area contributed by atoms with Crippen molar-refractivity contribution < 1.29 is 34.7 Å². The molecule has 0 aromatic heterocycles. The molecule has 0 saturated carbocycles. The first-order valence-corrected chi connectivity index (χ1v) is 7.26. The summed E-state index contributed by atoms with van der Waals surface area (Å²) < 4.78 is 57.4. The van der Waals surface area contributed by atoms with Crippen molar-refractivity contribution in [3.8, 4) is 0 Å². The monoisotopic (exact) mass is 288 g/mol. The van der Waals surface area contributed by atoms with Crippen LogP contribution in [0.4, 0.5) is 0 Å². The Morgan fingerprint density at radius 1 is 1.24 bits per heavy atom. The van der Waals surface area contributed by atoms with E-state index in [0.29, 0.717) is 0 Å². The Morgan fingerprint density at radius 2 is 1.76 bits per heavy atom. The van der Waals surface area contributed by atoms with Gasteiger partial charge in [0, 0.05) is 0 Å². The van der Waals surface area contributed by atoms with E-state index in [2.05, 4.69) is 13.1 Å². The van der Waals surface area contributed by atoms with Crippen molar-refractivity contribution >= 4 is 26.2 Å². The summed E-state index contributed by atoms with van der Waals surface area (Å²) >= 11 is 0. The number of methoxy groups -OCH3 is 1. The number of rotatable bonds is 1. The number of hydrogen-bond donors (Lipinski definition) is 0. The summed E-state index contributed by atoms with van der Waals surface area (Å²) in [6.07, 6.45) is -1.62. The average molecular weight is 288 g/mol. The molecule has 1 saturated heterocycles. The van der Waals surface area contributed by atoms with Crippen molar-refractivity contribution in [1.29, 1.82) is 0 Å². The Bertz CT molecular complexity index is 514. The van der Waals surface area contributed by atoms with Gasteiger partial charge in [0.15, 0.2) is 6.10 Å². The van der Waals surface area contributed by atoms with E-state index < -0.39 is 43.0 Å². The first kappa shape index (κ1) is 14.4. The number of hydrogen-bond acceptors (Lipinski definition) is 8. The van der Waals surface area contributed by atoms with Gasteiger partial charge in [-0.3, -0.25) is 8.37 Å². The molecule has 10 heteroatoms. The van der Waals surface area contributed by atoms with Crippen LogP contribution in [0.2, 0.25) is 0 Å². The highest BCUT2D eigenvalue weighted by molar-refractivity contribution is 8.06. The SMILES string of the molecule is COC(=O)C1COS(=O)(=O)C(C)(C)S(=O)(=O)O1. The Labute approximate surface area is 99.1 Å². The van der Waals surface area contributed by atoms with Gasteiger partial charge in [-0.2, -0.15) is 16.8 Å². The zero-order valence-corrected chi connectivity index (χ0v) is 11.0. The number of esters is 1. The lowest BCUT2D eigenvalue weighted by Gasteiger charge is -2.19. The smallest absolute Gasteiger partial charge is 0.339 e. The molecule has 8 nitrogen and oxygen atoms in total. The summed E-state index contributed by atoms with van der Waals surface area (Å²) in [5.41, 5.74) is 0. The molecule has 1 heterocycles. The fourth-order valence-corrected chi connectivity index (χ4v) is 3.47. The molecule has 0 aromatic carbocycles. The van der Waals surface area contributed by atoms with Crippen LogP contribution in [0.1, 0.15) is 13.8 Å². The van der Waals surface area contributed by atoms with Crippen molar-refractivity contribution in [3.05, 3.63) is 0 Å². The van der Waals surface area contributed by atoms with E-state index in [4.69, 9.17) is 0 Å². The Kier molecular flexibility index (Phi) is 3.54. The summed E-state index contributed by atoms with van der Waals surface area (Å²) in [6.45, 7) is 1.09. The van der Waals surface area contributed by atoms with Crippen LogP contribution in [-0.2, 0) is 38.1 Å². The molecule has 0 bridgehead atoms.